The molecule has 2 amide bonds. The van der Waals surface area contributed by atoms with Gasteiger partial charge in [-0.25, -0.2) is 9.59 Å². The maximum Gasteiger partial charge on any atom is 0.328 e. The van der Waals surface area contributed by atoms with E-state index in [-0.39, 0.29) is 12.1 Å². The molecule has 144 valence electrons. The van der Waals surface area contributed by atoms with E-state index in [1.54, 1.807) is 18.9 Å². The molecule has 1 N–H and O–H groups in total. The van der Waals surface area contributed by atoms with Gasteiger partial charge in [0.15, 0.2) is 0 Å². The van der Waals surface area contributed by atoms with Crippen molar-refractivity contribution in [3.63, 3.8) is 0 Å². The molecular formula is C18H26N2O4S2. The number of urea groups is 1. The van der Waals surface area contributed by atoms with Gasteiger partial charge in [0.1, 0.15) is 11.8 Å². The average molecular weight is 399 g/mol. The zero-order chi connectivity index (χ0) is 18.9. The van der Waals surface area contributed by atoms with Gasteiger partial charge in [0, 0.05) is 18.1 Å². The highest BCUT2D eigenvalue weighted by Crippen LogP contribution is 2.30. The smallest absolute Gasteiger partial charge is 0.328 e. The van der Waals surface area contributed by atoms with Crippen molar-refractivity contribution >= 4 is 35.5 Å². The molecule has 0 bridgehead atoms. The fourth-order valence-corrected chi connectivity index (χ4v) is 4.37. The van der Waals surface area contributed by atoms with E-state index >= 15 is 0 Å². The standard InChI is InChI=1S/C18H26N2O4S2/c1-23-14-6-4-13(5-7-14)16-12-26-11-9-20(16)18(22)19-15(8-10-25-3)17(21)24-2/h4-7,15-16H,8-12H2,1-3H3,(H,19,22)/t15-,16?/m1/s1. The van der Waals surface area contributed by atoms with Crippen molar-refractivity contribution in [1.29, 1.82) is 0 Å². The van der Waals surface area contributed by atoms with Gasteiger partial charge in [-0.15, -0.1) is 0 Å². The summed E-state index contributed by atoms with van der Waals surface area (Å²) >= 11 is 3.46. The third kappa shape index (κ3) is 5.48. The number of thioether (sulfide) groups is 2. The number of hydrogen-bond acceptors (Lipinski definition) is 6. The molecule has 1 fully saturated rings. The maximum atomic E-state index is 12.9. The quantitative estimate of drug-likeness (QED) is 0.713. The first-order valence-corrected chi connectivity index (χ1v) is 11.0. The van der Waals surface area contributed by atoms with Crippen LogP contribution in [0.2, 0.25) is 0 Å². The van der Waals surface area contributed by atoms with Crippen LogP contribution in [0.25, 0.3) is 0 Å². The van der Waals surface area contributed by atoms with Crippen LogP contribution in [-0.4, -0.2) is 67.2 Å². The van der Waals surface area contributed by atoms with Crippen LogP contribution in [0.15, 0.2) is 24.3 Å². The fourth-order valence-electron chi connectivity index (χ4n) is 2.81. The van der Waals surface area contributed by atoms with E-state index < -0.39 is 12.0 Å². The summed E-state index contributed by atoms with van der Waals surface area (Å²) in [4.78, 5) is 26.7. The van der Waals surface area contributed by atoms with Gasteiger partial charge in [0.05, 0.1) is 20.3 Å². The van der Waals surface area contributed by atoms with E-state index in [9.17, 15) is 9.59 Å². The molecule has 2 rings (SSSR count). The molecule has 1 aromatic rings. The Labute approximate surface area is 163 Å². The summed E-state index contributed by atoms with van der Waals surface area (Å²) in [6, 6.07) is 6.91. The Balaban J connectivity index is 2.11. The maximum absolute atomic E-state index is 12.9. The monoisotopic (exact) mass is 398 g/mol. The molecule has 1 heterocycles. The van der Waals surface area contributed by atoms with Gasteiger partial charge in [-0.05, 0) is 36.1 Å². The van der Waals surface area contributed by atoms with Gasteiger partial charge in [0.25, 0.3) is 0 Å². The summed E-state index contributed by atoms with van der Waals surface area (Å²) < 4.78 is 10.0. The Morgan fingerprint density at radius 2 is 2.08 bits per heavy atom. The lowest BCUT2D eigenvalue weighted by Crippen LogP contribution is -2.51. The molecule has 1 aromatic carbocycles. The minimum atomic E-state index is -0.619. The molecule has 26 heavy (non-hydrogen) atoms. The minimum absolute atomic E-state index is 0.0292. The van der Waals surface area contributed by atoms with Crippen LogP contribution in [0.3, 0.4) is 0 Å². The summed E-state index contributed by atoms with van der Waals surface area (Å²) in [6.07, 6.45) is 2.52. The van der Waals surface area contributed by atoms with E-state index in [0.717, 1.165) is 28.6 Å². The lowest BCUT2D eigenvalue weighted by molar-refractivity contribution is -0.142. The van der Waals surface area contributed by atoms with Crippen LogP contribution in [-0.2, 0) is 9.53 Å². The molecule has 0 saturated carbocycles. The number of methoxy groups -OCH3 is 2. The van der Waals surface area contributed by atoms with Crippen LogP contribution in [0, 0.1) is 0 Å². The second-order valence-corrected chi connectivity index (χ2v) is 8.00. The van der Waals surface area contributed by atoms with Gasteiger partial charge in [-0.3, -0.25) is 0 Å². The predicted molar refractivity (Wildman–Crippen MR) is 107 cm³/mol. The predicted octanol–water partition coefficient (Wildman–Crippen LogP) is 2.79. The van der Waals surface area contributed by atoms with Crippen molar-refractivity contribution < 1.29 is 19.1 Å². The Kier molecular flexibility index (Phi) is 8.44. The Morgan fingerprint density at radius 3 is 2.69 bits per heavy atom. The largest absolute Gasteiger partial charge is 0.497 e. The van der Waals surface area contributed by atoms with Crippen molar-refractivity contribution in [2.24, 2.45) is 0 Å². The molecule has 8 heteroatoms. The number of carbonyl (C=O) groups is 2. The van der Waals surface area contributed by atoms with Crippen molar-refractivity contribution in [2.45, 2.75) is 18.5 Å². The third-order valence-electron chi connectivity index (χ3n) is 4.28. The molecule has 0 aromatic heterocycles. The number of ether oxygens (including phenoxy) is 2. The van der Waals surface area contributed by atoms with Gasteiger partial charge < -0.3 is 19.7 Å². The number of carbonyl (C=O) groups excluding carboxylic acids is 2. The van der Waals surface area contributed by atoms with Crippen LogP contribution in [0.1, 0.15) is 18.0 Å². The van der Waals surface area contributed by atoms with Gasteiger partial charge in [-0.2, -0.15) is 23.5 Å². The number of nitrogens with zero attached hydrogens (tertiary/aromatic N) is 1. The molecule has 1 aliphatic rings. The van der Waals surface area contributed by atoms with E-state index in [4.69, 9.17) is 9.47 Å². The summed E-state index contributed by atoms with van der Waals surface area (Å²) in [5.41, 5.74) is 1.06. The van der Waals surface area contributed by atoms with E-state index in [1.165, 1.54) is 7.11 Å². The minimum Gasteiger partial charge on any atom is -0.497 e. The van der Waals surface area contributed by atoms with E-state index in [2.05, 4.69) is 5.32 Å². The highest BCUT2D eigenvalue weighted by atomic mass is 32.2. The number of benzene rings is 1. The highest BCUT2D eigenvalue weighted by molar-refractivity contribution is 7.99. The fraction of sp³-hybridized carbons (Fsp3) is 0.556. The number of amides is 2. The molecule has 6 nitrogen and oxygen atoms in total. The lowest BCUT2D eigenvalue weighted by Gasteiger charge is -2.36. The van der Waals surface area contributed by atoms with Crippen LogP contribution in [0.4, 0.5) is 4.79 Å². The summed E-state index contributed by atoms with van der Waals surface area (Å²) in [6.45, 7) is 0.642. The first-order chi connectivity index (χ1) is 12.6. The summed E-state index contributed by atoms with van der Waals surface area (Å²) in [5.74, 6) is 2.87. The summed E-state index contributed by atoms with van der Waals surface area (Å²) in [5, 5.41) is 2.86. The first kappa shape index (κ1) is 20.8. The van der Waals surface area contributed by atoms with E-state index in [1.807, 2.05) is 47.2 Å². The zero-order valence-electron chi connectivity index (χ0n) is 15.4. The topological polar surface area (TPSA) is 67.9 Å². The molecule has 0 radical (unpaired) electrons. The van der Waals surface area contributed by atoms with Gasteiger partial charge in [-0.1, -0.05) is 12.1 Å². The van der Waals surface area contributed by atoms with Crippen molar-refractivity contribution in [2.75, 3.05) is 44.3 Å². The second-order valence-electron chi connectivity index (χ2n) is 5.86. The Hall–Kier alpha value is -1.54. The number of hydrogen-bond donors (Lipinski definition) is 1. The Morgan fingerprint density at radius 1 is 1.35 bits per heavy atom. The molecule has 0 aliphatic carbocycles. The Bertz CT molecular complexity index is 597. The van der Waals surface area contributed by atoms with Crippen LogP contribution >= 0.6 is 23.5 Å². The average Bonchev–Trinajstić information content (AvgIpc) is 2.70. The van der Waals surface area contributed by atoms with Crippen molar-refractivity contribution in [3.8, 4) is 5.75 Å². The number of nitrogens with one attached hydrogen (secondary N) is 1. The molecule has 0 spiro atoms. The summed E-state index contributed by atoms with van der Waals surface area (Å²) in [7, 11) is 2.98. The third-order valence-corrected chi connectivity index (χ3v) is 5.95. The zero-order valence-corrected chi connectivity index (χ0v) is 17.0. The van der Waals surface area contributed by atoms with Crippen molar-refractivity contribution in [1.82, 2.24) is 10.2 Å². The molecule has 1 aliphatic heterocycles. The molecular weight excluding hydrogens is 372 g/mol. The second kappa shape index (κ2) is 10.6. The number of esters is 1. The first-order valence-electron chi connectivity index (χ1n) is 8.46. The van der Waals surface area contributed by atoms with E-state index in [0.29, 0.717) is 13.0 Å². The molecule has 1 saturated heterocycles. The van der Waals surface area contributed by atoms with Crippen LogP contribution < -0.4 is 10.1 Å². The van der Waals surface area contributed by atoms with Crippen LogP contribution in [0.5, 0.6) is 5.75 Å². The lowest BCUT2D eigenvalue weighted by atomic mass is 10.1. The SMILES string of the molecule is COC(=O)[C@@H](CCSC)NC(=O)N1CCSCC1c1ccc(OC)cc1. The van der Waals surface area contributed by atoms with Crippen molar-refractivity contribution in [3.05, 3.63) is 29.8 Å². The molecule has 2 atom stereocenters. The molecule has 1 unspecified atom stereocenters. The van der Waals surface area contributed by atoms with Gasteiger partial charge >= 0.3 is 12.0 Å². The normalized spacial score (nSPS) is 18.1. The van der Waals surface area contributed by atoms with Gasteiger partial charge in [0.2, 0.25) is 0 Å². The number of rotatable bonds is 7. The highest BCUT2D eigenvalue weighted by Gasteiger charge is 2.31.